The van der Waals surface area contributed by atoms with Crippen LogP contribution in [0, 0.1) is 23.1 Å². The Morgan fingerprint density at radius 3 is 2.74 bits per heavy atom. The Morgan fingerprint density at radius 1 is 1.37 bits per heavy atom. The maximum Gasteiger partial charge on any atom is 0.125 e. The molecule has 0 saturated heterocycles. The number of nitrogens with one attached hydrogen (secondary N) is 1. The number of hydrogen-bond donors (Lipinski definition) is 1. The quantitative estimate of drug-likeness (QED) is 0.812. The van der Waals surface area contributed by atoms with Crippen molar-refractivity contribution < 1.29 is 4.39 Å². The van der Waals surface area contributed by atoms with Crippen LogP contribution in [0.4, 0.5) is 10.1 Å². The van der Waals surface area contributed by atoms with Crippen LogP contribution in [0.2, 0.25) is 0 Å². The van der Waals surface area contributed by atoms with Gasteiger partial charge in [0, 0.05) is 12.2 Å². The Hall–Kier alpha value is -0.760. The van der Waals surface area contributed by atoms with Crippen LogP contribution in [-0.4, -0.2) is 6.54 Å². The molecule has 0 bridgehead atoms. The lowest BCUT2D eigenvalue weighted by Gasteiger charge is -2.43. The summed E-state index contributed by atoms with van der Waals surface area (Å²) in [5.41, 5.74) is 1.28. The van der Waals surface area contributed by atoms with Gasteiger partial charge in [0.1, 0.15) is 5.82 Å². The molecule has 1 aliphatic rings. The normalized spacial score (nSPS) is 25.5. The predicted molar refractivity (Wildman–Crippen MR) is 82.4 cm³/mol. The van der Waals surface area contributed by atoms with Crippen LogP contribution in [0.15, 0.2) is 24.3 Å². The second-order valence-corrected chi connectivity index (χ2v) is 6.36. The first kappa shape index (κ1) is 16.3. The molecule has 0 aliphatic heterocycles. The molecule has 1 aromatic rings. The first-order chi connectivity index (χ1) is 8.49. The van der Waals surface area contributed by atoms with Crippen LogP contribution in [0.25, 0.3) is 0 Å². The van der Waals surface area contributed by atoms with Gasteiger partial charge in [-0.05, 0) is 41.9 Å². The fourth-order valence-electron chi connectivity index (χ4n) is 3.34. The van der Waals surface area contributed by atoms with E-state index in [1.165, 1.54) is 25.3 Å². The molecule has 3 heteroatoms. The summed E-state index contributed by atoms with van der Waals surface area (Å²) in [6, 6.07) is 6.75. The molecule has 0 heterocycles. The second-order valence-electron chi connectivity index (χ2n) is 6.36. The third kappa shape index (κ3) is 4.10. The first-order valence-corrected chi connectivity index (χ1v) is 6.98. The molecule has 1 nitrogen and oxygen atoms in total. The smallest absolute Gasteiger partial charge is 0.125 e. The van der Waals surface area contributed by atoms with Gasteiger partial charge in [-0.2, -0.15) is 0 Å². The maximum atomic E-state index is 13.1. The summed E-state index contributed by atoms with van der Waals surface area (Å²) in [7, 11) is 0. The molecule has 0 aromatic heterocycles. The summed E-state index contributed by atoms with van der Waals surface area (Å²) in [5.74, 6) is 1.24. The maximum absolute atomic E-state index is 13.1. The van der Waals surface area contributed by atoms with E-state index in [1.807, 2.05) is 6.07 Å². The Bertz CT molecular complexity index is 405. The first-order valence-electron chi connectivity index (χ1n) is 6.98. The predicted octanol–water partition coefficient (Wildman–Crippen LogP) is 5.12. The lowest BCUT2D eigenvalue weighted by molar-refractivity contribution is 0.0944. The van der Waals surface area contributed by atoms with Gasteiger partial charge >= 0.3 is 0 Å². The van der Waals surface area contributed by atoms with E-state index in [0.29, 0.717) is 11.3 Å². The molecule has 0 spiro atoms. The van der Waals surface area contributed by atoms with Gasteiger partial charge in [-0.3, -0.25) is 0 Å². The Kier molecular flexibility index (Phi) is 5.66. The van der Waals surface area contributed by atoms with Crippen LogP contribution >= 0.6 is 12.4 Å². The lowest BCUT2D eigenvalue weighted by Crippen LogP contribution is -2.38. The molecular weight excluding hydrogens is 261 g/mol. The highest BCUT2D eigenvalue weighted by molar-refractivity contribution is 5.85. The molecule has 0 unspecified atom stereocenters. The van der Waals surface area contributed by atoms with Crippen molar-refractivity contribution >= 4 is 18.1 Å². The van der Waals surface area contributed by atoms with Gasteiger partial charge in [0.25, 0.3) is 0 Å². The molecule has 1 aliphatic carbocycles. The minimum Gasteiger partial charge on any atom is -0.385 e. The Morgan fingerprint density at radius 2 is 2.11 bits per heavy atom. The molecular formula is C16H25ClFN. The zero-order valence-electron chi connectivity index (χ0n) is 12.1. The van der Waals surface area contributed by atoms with Crippen molar-refractivity contribution in [2.45, 2.75) is 40.0 Å². The van der Waals surface area contributed by atoms with Gasteiger partial charge in [-0.15, -0.1) is 12.4 Å². The lowest BCUT2D eigenvalue weighted by atomic mass is 9.64. The average Bonchev–Trinajstić information content (AvgIpc) is 2.27. The number of anilines is 1. The van der Waals surface area contributed by atoms with Gasteiger partial charge in [-0.1, -0.05) is 39.7 Å². The number of rotatable bonds is 3. The van der Waals surface area contributed by atoms with Crippen molar-refractivity contribution in [3.05, 3.63) is 30.1 Å². The van der Waals surface area contributed by atoms with E-state index in [0.717, 1.165) is 18.2 Å². The molecule has 2 atom stereocenters. The van der Waals surface area contributed by atoms with Crippen LogP contribution in [-0.2, 0) is 0 Å². The Labute approximate surface area is 122 Å². The van der Waals surface area contributed by atoms with Crippen molar-refractivity contribution in [1.82, 2.24) is 0 Å². The van der Waals surface area contributed by atoms with E-state index in [9.17, 15) is 4.39 Å². The summed E-state index contributed by atoms with van der Waals surface area (Å²) >= 11 is 0. The monoisotopic (exact) mass is 285 g/mol. The van der Waals surface area contributed by atoms with Gasteiger partial charge in [0.15, 0.2) is 0 Å². The van der Waals surface area contributed by atoms with Crippen LogP contribution in [0.5, 0.6) is 0 Å². The summed E-state index contributed by atoms with van der Waals surface area (Å²) in [4.78, 5) is 0. The van der Waals surface area contributed by atoms with Gasteiger partial charge in [0.05, 0.1) is 0 Å². The van der Waals surface area contributed by atoms with Crippen molar-refractivity contribution in [2.75, 3.05) is 11.9 Å². The fourth-order valence-corrected chi connectivity index (χ4v) is 3.34. The zero-order chi connectivity index (χ0) is 13.2. The zero-order valence-corrected chi connectivity index (χ0v) is 12.9. The topological polar surface area (TPSA) is 12.0 Å². The van der Waals surface area contributed by atoms with Crippen molar-refractivity contribution in [3.63, 3.8) is 0 Å². The highest BCUT2D eigenvalue weighted by Gasteiger charge is 2.36. The SMILES string of the molecule is C[C@H]1CCCC(C)(C)[C@@H]1CNc1cccc(F)c1.Cl. The minimum absolute atomic E-state index is 0. The van der Waals surface area contributed by atoms with Crippen LogP contribution in [0.3, 0.4) is 0 Å². The second kappa shape index (κ2) is 6.60. The van der Waals surface area contributed by atoms with Gasteiger partial charge in [-0.25, -0.2) is 4.39 Å². The van der Waals surface area contributed by atoms with Crippen LogP contribution in [0.1, 0.15) is 40.0 Å². The highest BCUT2D eigenvalue weighted by Crippen LogP contribution is 2.43. The molecule has 108 valence electrons. The van der Waals surface area contributed by atoms with Crippen LogP contribution < -0.4 is 5.32 Å². The summed E-state index contributed by atoms with van der Waals surface area (Å²) in [6.07, 6.45) is 3.95. The highest BCUT2D eigenvalue weighted by atomic mass is 35.5. The summed E-state index contributed by atoms with van der Waals surface area (Å²) in [5, 5.41) is 3.40. The minimum atomic E-state index is -0.170. The number of halogens is 2. The molecule has 0 radical (unpaired) electrons. The van der Waals surface area contributed by atoms with Crippen molar-refractivity contribution in [3.8, 4) is 0 Å². The van der Waals surface area contributed by atoms with E-state index in [-0.39, 0.29) is 18.2 Å². The van der Waals surface area contributed by atoms with E-state index < -0.39 is 0 Å². The standard InChI is InChI=1S/C16H24FN.ClH/c1-12-6-5-9-16(2,3)15(12)11-18-14-8-4-7-13(17)10-14;/h4,7-8,10,12,15,18H,5-6,9,11H2,1-3H3;1H/t12-,15+;/m0./s1. The van der Waals surface area contributed by atoms with E-state index in [4.69, 9.17) is 0 Å². The summed E-state index contributed by atoms with van der Waals surface area (Å²) in [6.45, 7) is 8.01. The van der Waals surface area contributed by atoms with Gasteiger partial charge < -0.3 is 5.32 Å². The Balaban J connectivity index is 0.00000180. The number of hydrogen-bond acceptors (Lipinski definition) is 1. The van der Waals surface area contributed by atoms with E-state index >= 15 is 0 Å². The fraction of sp³-hybridized carbons (Fsp3) is 0.625. The molecule has 1 aromatic carbocycles. The third-order valence-corrected chi connectivity index (χ3v) is 4.52. The average molecular weight is 286 g/mol. The number of benzene rings is 1. The molecule has 1 saturated carbocycles. The largest absolute Gasteiger partial charge is 0.385 e. The molecule has 1 fully saturated rings. The van der Waals surface area contributed by atoms with E-state index in [2.05, 4.69) is 26.1 Å². The van der Waals surface area contributed by atoms with E-state index in [1.54, 1.807) is 12.1 Å². The molecule has 2 rings (SSSR count). The van der Waals surface area contributed by atoms with Gasteiger partial charge in [0.2, 0.25) is 0 Å². The van der Waals surface area contributed by atoms with Crippen molar-refractivity contribution in [2.24, 2.45) is 17.3 Å². The third-order valence-electron chi connectivity index (χ3n) is 4.52. The molecule has 19 heavy (non-hydrogen) atoms. The molecule has 0 amide bonds. The summed E-state index contributed by atoms with van der Waals surface area (Å²) < 4.78 is 13.1. The molecule has 1 N–H and O–H groups in total. The van der Waals surface area contributed by atoms with Crippen molar-refractivity contribution in [1.29, 1.82) is 0 Å².